The number of aliphatic hydroxyl groups excluding tert-OH is 1. The second-order valence-corrected chi connectivity index (χ2v) is 5.45. The van der Waals surface area contributed by atoms with E-state index in [0.717, 1.165) is 12.8 Å². The van der Waals surface area contributed by atoms with E-state index in [-0.39, 0.29) is 17.2 Å². The van der Waals surface area contributed by atoms with E-state index in [1.54, 1.807) is 0 Å². The first-order valence-corrected chi connectivity index (χ1v) is 4.78. The van der Waals surface area contributed by atoms with Gasteiger partial charge < -0.3 is 10.0 Å². The van der Waals surface area contributed by atoms with Crippen LogP contribution in [-0.2, 0) is 0 Å². The molecule has 0 aromatic carbocycles. The Morgan fingerprint density at radius 3 is 1.75 bits per heavy atom. The average Bonchev–Trinajstić information content (AvgIpc) is 1.80. The number of likely N-dealkylation sites (tertiary alicyclic amines) is 1. The minimum absolute atomic E-state index is 0.112. The Kier molecular flexibility index (Phi) is 2.26. The molecule has 1 heterocycles. The second-order valence-electron chi connectivity index (χ2n) is 5.45. The summed E-state index contributed by atoms with van der Waals surface area (Å²) in [4.78, 5) is 1.53. The van der Waals surface area contributed by atoms with Gasteiger partial charge in [0, 0.05) is 12.8 Å². The molecule has 2 nitrogen and oxygen atoms in total. The third kappa shape index (κ3) is 1.64. The van der Waals surface area contributed by atoms with Crippen LogP contribution >= 0.6 is 0 Å². The van der Waals surface area contributed by atoms with Crippen molar-refractivity contribution < 1.29 is 10.0 Å². The number of quaternary nitrogens is 1. The van der Waals surface area contributed by atoms with E-state index in [0.29, 0.717) is 0 Å². The molecular weight excluding hydrogens is 150 g/mol. The molecule has 2 N–H and O–H groups in total. The summed E-state index contributed by atoms with van der Waals surface area (Å²) in [5.41, 5.74) is 0.419. The third-order valence-corrected chi connectivity index (χ3v) is 3.52. The molecule has 0 aromatic heterocycles. The molecule has 12 heavy (non-hydrogen) atoms. The first kappa shape index (κ1) is 10.0. The van der Waals surface area contributed by atoms with Crippen LogP contribution in [0.5, 0.6) is 0 Å². The summed E-state index contributed by atoms with van der Waals surface area (Å²) in [6.45, 7) is 8.91. The molecule has 1 rings (SSSR count). The number of rotatable bonds is 0. The van der Waals surface area contributed by atoms with E-state index in [9.17, 15) is 5.11 Å². The van der Waals surface area contributed by atoms with Crippen LogP contribution in [-0.4, -0.2) is 29.3 Å². The maximum Gasteiger partial charge on any atom is 0.0946 e. The Bertz CT molecular complexity index is 157. The summed E-state index contributed by atoms with van der Waals surface area (Å²) in [6, 6.07) is 0. The maximum atomic E-state index is 9.68. The fourth-order valence-corrected chi connectivity index (χ4v) is 2.47. The SMILES string of the molecule is C[NH+]1C(C)(C)CC(O)CC1(C)C. The molecule has 0 unspecified atom stereocenters. The molecule has 0 atom stereocenters. The lowest BCUT2D eigenvalue weighted by molar-refractivity contribution is -0.983. The van der Waals surface area contributed by atoms with Crippen LogP contribution in [0.3, 0.4) is 0 Å². The predicted molar refractivity (Wildman–Crippen MR) is 50.3 cm³/mol. The van der Waals surface area contributed by atoms with E-state index in [2.05, 4.69) is 34.7 Å². The molecule has 0 spiro atoms. The minimum Gasteiger partial charge on any atom is -0.393 e. The van der Waals surface area contributed by atoms with E-state index in [4.69, 9.17) is 0 Å². The van der Waals surface area contributed by atoms with Crippen molar-refractivity contribution in [3.05, 3.63) is 0 Å². The normalized spacial score (nSPS) is 39.5. The van der Waals surface area contributed by atoms with Crippen molar-refractivity contribution in [2.75, 3.05) is 7.05 Å². The summed E-state index contributed by atoms with van der Waals surface area (Å²) in [7, 11) is 2.23. The lowest BCUT2D eigenvalue weighted by Gasteiger charge is -2.49. The number of nitrogens with one attached hydrogen (secondary N) is 1. The molecule has 2 heteroatoms. The van der Waals surface area contributed by atoms with Gasteiger partial charge in [-0.1, -0.05) is 0 Å². The van der Waals surface area contributed by atoms with Gasteiger partial charge in [-0.2, -0.15) is 0 Å². The summed E-state index contributed by atoms with van der Waals surface area (Å²) < 4.78 is 0. The van der Waals surface area contributed by atoms with Crippen LogP contribution in [0.15, 0.2) is 0 Å². The number of piperidine rings is 1. The lowest BCUT2D eigenvalue weighted by Crippen LogP contribution is -3.24. The van der Waals surface area contributed by atoms with Gasteiger partial charge in [0.2, 0.25) is 0 Å². The Labute approximate surface area is 75.6 Å². The van der Waals surface area contributed by atoms with Crippen molar-refractivity contribution >= 4 is 0 Å². The van der Waals surface area contributed by atoms with Gasteiger partial charge in [0.25, 0.3) is 0 Å². The highest BCUT2D eigenvalue weighted by Gasteiger charge is 2.46. The van der Waals surface area contributed by atoms with Crippen molar-refractivity contribution in [2.24, 2.45) is 0 Å². The predicted octanol–water partition coefficient (Wildman–Crippen LogP) is 0.213. The zero-order valence-corrected chi connectivity index (χ0v) is 8.94. The van der Waals surface area contributed by atoms with Crippen LogP contribution < -0.4 is 4.90 Å². The quantitative estimate of drug-likeness (QED) is 0.536. The highest BCUT2D eigenvalue weighted by molar-refractivity contribution is 4.85. The van der Waals surface area contributed by atoms with Crippen LogP contribution in [0.2, 0.25) is 0 Å². The number of aliphatic hydroxyl groups is 1. The van der Waals surface area contributed by atoms with Gasteiger partial charge in [0.15, 0.2) is 0 Å². The third-order valence-electron chi connectivity index (χ3n) is 3.52. The zero-order chi connectivity index (χ0) is 9.57. The van der Waals surface area contributed by atoms with E-state index in [1.807, 2.05) is 0 Å². The van der Waals surface area contributed by atoms with E-state index < -0.39 is 0 Å². The van der Waals surface area contributed by atoms with Crippen molar-refractivity contribution in [2.45, 2.75) is 57.7 Å². The Hall–Kier alpha value is -0.0800. The summed E-state index contributed by atoms with van der Waals surface area (Å²) >= 11 is 0. The largest absolute Gasteiger partial charge is 0.393 e. The van der Waals surface area contributed by atoms with Crippen molar-refractivity contribution in [3.63, 3.8) is 0 Å². The minimum atomic E-state index is -0.112. The van der Waals surface area contributed by atoms with Crippen molar-refractivity contribution in [3.8, 4) is 0 Å². The number of hydrogen-bond acceptors (Lipinski definition) is 1. The van der Waals surface area contributed by atoms with Gasteiger partial charge in [-0.3, -0.25) is 0 Å². The van der Waals surface area contributed by atoms with Gasteiger partial charge in [-0.15, -0.1) is 0 Å². The molecule has 0 aromatic rings. The van der Waals surface area contributed by atoms with Gasteiger partial charge in [-0.25, -0.2) is 0 Å². The molecule has 0 aliphatic carbocycles. The summed E-state index contributed by atoms with van der Waals surface area (Å²) in [5, 5.41) is 9.68. The molecule has 0 saturated carbocycles. The molecule has 1 aliphatic rings. The van der Waals surface area contributed by atoms with Crippen molar-refractivity contribution in [1.82, 2.24) is 0 Å². The molecule has 1 fully saturated rings. The molecular formula is C10H22NO+. The fraction of sp³-hybridized carbons (Fsp3) is 1.00. The lowest BCUT2D eigenvalue weighted by atomic mass is 9.79. The molecule has 0 amide bonds. The molecule has 72 valence electrons. The standard InChI is InChI=1S/C10H21NO/c1-9(2)6-8(12)7-10(3,4)11(9)5/h8,12H,6-7H2,1-5H3/p+1. The van der Waals surface area contributed by atoms with Gasteiger partial charge >= 0.3 is 0 Å². The highest BCUT2D eigenvalue weighted by atomic mass is 16.3. The summed E-state index contributed by atoms with van der Waals surface area (Å²) in [6.07, 6.45) is 1.73. The first-order chi connectivity index (χ1) is 5.26. The first-order valence-electron chi connectivity index (χ1n) is 4.78. The van der Waals surface area contributed by atoms with Crippen LogP contribution in [0, 0.1) is 0 Å². The summed E-state index contributed by atoms with van der Waals surface area (Å²) in [5.74, 6) is 0. The second kappa shape index (κ2) is 2.71. The van der Waals surface area contributed by atoms with Gasteiger partial charge in [-0.05, 0) is 27.7 Å². The van der Waals surface area contributed by atoms with E-state index >= 15 is 0 Å². The molecule has 0 bridgehead atoms. The molecule has 1 aliphatic heterocycles. The van der Waals surface area contributed by atoms with Crippen LogP contribution in [0.1, 0.15) is 40.5 Å². The molecule has 0 radical (unpaired) electrons. The fourth-order valence-electron chi connectivity index (χ4n) is 2.47. The van der Waals surface area contributed by atoms with Crippen LogP contribution in [0.25, 0.3) is 0 Å². The zero-order valence-electron chi connectivity index (χ0n) is 8.94. The Morgan fingerprint density at radius 2 is 1.42 bits per heavy atom. The van der Waals surface area contributed by atoms with Gasteiger partial charge in [0.1, 0.15) is 0 Å². The van der Waals surface area contributed by atoms with Gasteiger partial charge in [0.05, 0.1) is 24.2 Å². The van der Waals surface area contributed by atoms with E-state index in [1.165, 1.54) is 4.90 Å². The average molecular weight is 172 g/mol. The van der Waals surface area contributed by atoms with Crippen LogP contribution in [0.4, 0.5) is 0 Å². The maximum absolute atomic E-state index is 9.68. The topological polar surface area (TPSA) is 24.7 Å². The van der Waals surface area contributed by atoms with Crippen molar-refractivity contribution in [1.29, 1.82) is 0 Å². The molecule has 1 saturated heterocycles. The number of hydrogen-bond donors (Lipinski definition) is 2. The monoisotopic (exact) mass is 172 g/mol. The highest BCUT2D eigenvalue weighted by Crippen LogP contribution is 2.22. The smallest absolute Gasteiger partial charge is 0.0946 e. The Morgan fingerprint density at radius 1 is 1.08 bits per heavy atom. The Balaban J connectivity index is 2.84.